The van der Waals surface area contributed by atoms with Crippen molar-refractivity contribution in [2.75, 3.05) is 13.2 Å². The molecule has 70 heavy (non-hydrogen) atoms. The van der Waals surface area contributed by atoms with Crippen LogP contribution in [0.5, 0.6) is 11.5 Å². The van der Waals surface area contributed by atoms with Gasteiger partial charge in [0.05, 0.1) is 70.3 Å². The molecule has 0 fully saturated rings. The Hall–Kier alpha value is -7.60. The maximum atomic E-state index is 13.4. The molecule has 6 heterocycles. The number of rotatable bonds is 10. The van der Waals surface area contributed by atoms with Gasteiger partial charge in [-0.1, -0.05) is 34.7 Å². The van der Waals surface area contributed by atoms with E-state index in [-0.39, 0.29) is 69.4 Å². The highest BCUT2D eigenvalue weighted by Gasteiger charge is 2.36. The third kappa shape index (κ3) is 10.2. The van der Waals surface area contributed by atoms with E-state index in [0.717, 1.165) is 24.3 Å². The van der Waals surface area contributed by atoms with E-state index in [2.05, 4.69) is 40.6 Å². The third-order valence-corrected chi connectivity index (χ3v) is 14.7. The SMILES string of the molecule is O=S(=O)(Cc1ncccn1)c1ccc2c(c1)OCC[C@@H]2c1ccc(C(F)(F)F)cc1-n1ccnn1.O=S(=O)(Cc1ncccn1)c1ccc2c(c1)OCC[C@H]2c1ccc(C(F)(F)F)cc1-n1ccnn1. The molecular formula is C46H36F6N10O6S2. The minimum absolute atomic E-state index is 0.0493. The molecule has 0 bridgehead atoms. The first-order chi connectivity index (χ1) is 33.4. The van der Waals surface area contributed by atoms with Crippen LogP contribution in [-0.2, 0) is 43.5 Å². The molecule has 2 aliphatic heterocycles. The zero-order valence-electron chi connectivity index (χ0n) is 36.1. The number of alkyl halides is 6. The molecule has 4 aromatic heterocycles. The fraction of sp³-hybridized carbons (Fsp3) is 0.217. The summed E-state index contributed by atoms with van der Waals surface area (Å²) in [5.41, 5.74) is 1.43. The minimum atomic E-state index is -4.52. The average molecular weight is 1000 g/mol. The highest BCUT2D eigenvalue weighted by Crippen LogP contribution is 2.45. The molecule has 0 spiro atoms. The molecule has 0 unspecified atom stereocenters. The smallest absolute Gasteiger partial charge is 0.416 e. The van der Waals surface area contributed by atoms with Crippen molar-refractivity contribution in [1.29, 1.82) is 0 Å². The van der Waals surface area contributed by atoms with E-state index in [9.17, 15) is 43.2 Å². The number of fused-ring (bicyclic) bond motifs is 2. The lowest BCUT2D eigenvalue weighted by Gasteiger charge is -2.28. The van der Waals surface area contributed by atoms with Crippen LogP contribution in [0.25, 0.3) is 11.4 Å². The molecular weight excluding hydrogens is 967 g/mol. The van der Waals surface area contributed by atoms with Crippen molar-refractivity contribution in [1.82, 2.24) is 49.9 Å². The van der Waals surface area contributed by atoms with Crippen molar-refractivity contribution >= 4 is 19.7 Å². The highest BCUT2D eigenvalue weighted by atomic mass is 32.2. The number of hydrogen-bond acceptors (Lipinski definition) is 14. The number of aromatic nitrogens is 10. The number of benzene rings is 4. The van der Waals surface area contributed by atoms with E-state index in [1.54, 1.807) is 24.3 Å². The lowest BCUT2D eigenvalue weighted by Crippen LogP contribution is -2.18. The lowest BCUT2D eigenvalue weighted by molar-refractivity contribution is -0.138. The first-order valence-electron chi connectivity index (χ1n) is 21.1. The van der Waals surface area contributed by atoms with Gasteiger partial charge in [0.25, 0.3) is 0 Å². The molecule has 16 nitrogen and oxygen atoms in total. The number of hydrogen-bond donors (Lipinski definition) is 0. The van der Waals surface area contributed by atoms with Gasteiger partial charge >= 0.3 is 12.4 Å². The van der Waals surface area contributed by atoms with Gasteiger partial charge in [-0.15, -0.1) is 10.2 Å². The van der Waals surface area contributed by atoms with Crippen LogP contribution < -0.4 is 9.47 Å². The van der Waals surface area contributed by atoms with Gasteiger partial charge < -0.3 is 9.47 Å². The second-order valence-electron chi connectivity index (χ2n) is 15.9. The number of ether oxygens (including phenoxy) is 2. The fourth-order valence-electron chi connectivity index (χ4n) is 8.19. The molecule has 24 heteroatoms. The third-order valence-electron chi connectivity index (χ3n) is 11.4. The Labute approximate surface area is 394 Å². The summed E-state index contributed by atoms with van der Waals surface area (Å²) in [6.07, 6.45) is 3.52. The van der Waals surface area contributed by atoms with Gasteiger partial charge in [-0.05, 0) is 84.6 Å². The van der Waals surface area contributed by atoms with Crippen molar-refractivity contribution < 1.29 is 52.7 Å². The summed E-state index contributed by atoms with van der Waals surface area (Å²) >= 11 is 0. The molecule has 2 atom stereocenters. The van der Waals surface area contributed by atoms with Crippen molar-refractivity contribution in [3.63, 3.8) is 0 Å². The zero-order chi connectivity index (χ0) is 49.3. The van der Waals surface area contributed by atoms with E-state index < -0.39 is 43.2 Å². The number of halogens is 6. The van der Waals surface area contributed by atoms with Crippen LogP contribution in [0.4, 0.5) is 26.3 Å². The van der Waals surface area contributed by atoms with Crippen molar-refractivity contribution in [2.45, 2.75) is 58.3 Å². The van der Waals surface area contributed by atoms with Gasteiger partial charge in [-0.3, -0.25) is 0 Å². The zero-order valence-corrected chi connectivity index (χ0v) is 37.7. The van der Waals surface area contributed by atoms with Crippen LogP contribution in [0.3, 0.4) is 0 Å². The minimum Gasteiger partial charge on any atom is -0.493 e. The first-order valence-corrected chi connectivity index (χ1v) is 24.4. The van der Waals surface area contributed by atoms with Gasteiger partial charge in [0, 0.05) is 47.8 Å². The second kappa shape index (κ2) is 19.1. The number of nitrogens with zero attached hydrogens (tertiary/aromatic N) is 10. The molecule has 0 saturated carbocycles. The summed E-state index contributed by atoms with van der Waals surface area (Å²) in [5.74, 6) is -0.348. The molecule has 4 aromatic carbocycles. The monoisotopic (exact) mass is 1000 g/mol. The molecule has 0 amide bonds. The van der Waals surface area contributed by atoms with Crippen LogP contribution in [0, 0.1) is 0 Å². The normalized spacial score (nSPS) is 15.9. The van der Waals surface area contributed by atoms with Gasteiger partial charge in [-0.2, -0.15) is 26.3 Å². The second-order valence-corrected chi connectivity index (χ2v) is 19.8. The van der Waals surface area contributed by atoms with E-state index in [0.29, 0.717) is 46.6 Å². The van der Waals surface area contributed by atoms with E-state index in [1.807, 2.05) is 0 Å². The quantitative estimate of drug-likeness (QED) is 0.120. The molecule has 0 N–H and O–H groups in total. The Kier molecular flexibility index (Phi) is 12.9. The van der Waals surface area contributed by atoms with Gasteiger partial charge in [0.15, 0.2) is 19.7 Å². The van der Waals surface area contributed by atoms with Gasteiger partial charge in [0.2, 0.25) is 0 Å². The van der Waals surface area contributed by atoms with Crippen LogP contribution >= 0.6 is 0 Å². The maximum Gasteiger partial charge on any atom is 0.416 e. The van der Waals surface area contributed by atoms with Crippen molar-refractivity contribution in [2.24, 2.45) is 0 Å². The summed E-state index contributed by atoms with van der Waals surface area (Å²) in [5, 5.41) is 15.2. The topological polar surface area (TPSA) is 200 Å². The van der Waals surface area contributed by atoms with E-state index in [4.69, 9.17) is 9.47 Å². The van der Waals surface area contributed by atoms with Crippen molar-refractivity contribution in [3.05, 3.63) is 180 Å². The Balaban J connectivity index is 0.000000174. The molecule has 360 valence electrons. The van der Waals surface area contributed by atoms with Gasteiger partial charge in [-0.25, -0.2) is 46.1 Å². The summed E-state index contributed by atoms with van der Waals surface area (Å²) in [6.45, 7) is 0.529. The summed E-state index contributed by atoms with van der Waals surface area (Å²) in [4.78, 5) is 16.0. The lowest BCUT2D eigenvalue weighted by atomic mass is 9.85. The Morgan fingerprint density at radius 3 is 1.26 bits per heavy atom. The molecule has 10 rings (SSSR count). The molecule has 2 aliphatic rings. The Bertz CT molecular complexity index is 3140. The summed E-state index contributed by atoms with van der Waals surface area (Å²) < 4.78 is 146. The fourth-order valence-corrected chi connectivity index (χ4v) is 10.6. The Morgan fingerprint density at radius 2 is 0.900 bits per heavy atom. The highest BCUT2D eigenvalue weighted by molar-refractivity contribution is 7.91. The molecule has 0 saturated heterocycles. The Morgan fingerprint density at radius 1 is 0.514 bits per heavy atom. The largest absolute Gasteiger partial charge is 0.493 e. The molecule has 8 aromatic rings. The van der Waals surface area contributed by atoms with Crippen molar-refractivity contribution in [3.8, 4) is 22.9 Å². The molecule has 0 aliphatic carbocycles. The molecule has 0 radical (unpaired) electrons. The summed E-state index contributed by atoms with van der Waals surface area (Å²) in [7, 11) is -7.49. The van der Waals surface area contributed by atoms with E-state index in [1.165, 1.54) is 95.3 Å². The van der Waals surface area contributed by atoms with Gasteiger partial charge in [0.1, 0.15) is 34.7 Å². The van der Waals surface area contributed by atoms with Crippen LogP contribution in [0.1, 0.15) is 69.7 Å². The van der Waals surface area contributed by atoms with Crippen LogP contribution in [-0.4, -0.2) is 80.0 Å². The summed E-state index contributed by atoms with van der Waals surface area (Å²) in [6, 6.07) is 19.3. The number of sulfone groups is 2. The first kappa shape index (κ1) is 47.5. The predicted molar refractivity (Wildman–Crippen MR) is 235 cm³/mol. The van der Waals surface area contributed by atoms with Crippen LogP contribution in [0.2, 0.25) is 0 Å². The predicted octanol–water partition coefficient (Wildman–Crippen LogP) is 7.93. The average Bonchev–Trinajstić information content (AvgIpc) is 4.10. The van der Waals surface area contributed by atoms with E-state index >= 15 is 0 Å². The standard InChI is InChI=1S/2C23H18F3N5O3S/c2*24-23(25,26)15-2-4-18(20(12-15)31-10-9-29-30-31)17-6-11-34-21-13-16(3-5-19(17)21)35(32,33)14-22-27-7-1-8-28-22/h2*1-5,7-10,12-13,17H,6,11,14H2/t2*17-/m10/s1. The maximum absolute atomic E-state index is 13.4. The van der Waals surface area contributed by atoms with Crippen LogP contribution in [0.15, 0.2) is 144 Å².